The van der Waals surface area contributed by atoms with Crippen molar-refractivity contribution in [3.05, 3.63) is 51.6 Å². The summed E-state index contributed by atoms with van der Waals surface area (Å²) in [4.78, 5) is 23.9. The van der Waals surface area contributed by atoms with Gasteiger partial charge in [-0.1, -0.05) is 53.8 Å². The van der Waals surface area contributed by atoms with Crippen molar-refractivity contribution >= 4 is 40.2 Å². The minimum Gasteiger partial charge on any atom is -0.466 e. The molecular weight excluding hydrogens is 393 g/mol. The molecule has 0 saturated heterocycles. The molecule has 0 aromatic heterocycles. The van der Waals surface area contributed by atoms with Gasteiger partial charge in [-0.05, 0) is 35.1 Å². The SMILES string of the molecule is CC/C=C(\C=C\I)C(=O)Nc1ccccc1CC(=O)OCC. The minimum absolute atomic E-state index is 0.138. The van der Waals surface area contributed by atoms with Crippen LogP contribution in [0.4, 0.5) is 5.69 Å². The number of esters is 1. The van der Waals surface area contributed by atoms with E-state index in [1.54, 1.807) is 23.1 Å². The molecule has 1 aromatic carbocycles. The zero-order valence-corrected chi connectivity index (χ0v) is 14.9. The van der Waals surface area contributed by atoms with E-state index in [2.05, 4.69) is 27.9 Å². The van der Waals surface area contributed by atoms with Gasteiger partial charge >= 0.3 is 5.97 Å². The number of halogens is 1. The molecule has 1 rings (SSSR count). The maximum absolute atomic E-state index is 12.3. The summed E-state index contributed by atoms with van der Waals surface area (Å²) in [6.45, 7) is 4.09. The molecule has 0 aliphatic heterocycles. The lowest BCUT2D eigenvalue weighted by molar-refractivity contribution is -0.142. The molecule has 0 fully saturated rings. The predicted molar refractivity (Wildman–Crippen MR) is 96.9 cm³/mol. The molecule has 22 heavy (non-hydrogen) atoms. The van der Waals surface area contributed by atoms with Gasteiger partial charge in [0.15, 0.2) is 0 Å². The molecule has 118 valence electrons. The first-order valence-electron chi connectivity index (χ1n) is 7.14. The van der Waals surface area contributed by atoms with Gasteiger partial charge in [-0.3, -0.25) is 9.59 Å². The smallest absolute Gasteiger partial charge is 0.310 e. The summed E-state index contributed by atoms with van der Waals surface area (Å²) in [6, 6.07) is 7.24. The molecule has 5 heteroatoms. The Morgan fingerprint density at radius 3 is 2.64 bits per heavy atom. The van der Waals surface area contributed by atoms with Crippen molar-refractivity contribution in [1.29, 1.82) is 0 Å². The highest BCUT2D eigenvalue weighted by molar-refractivity contribution is 14.1. The number of para-hydroxylation sites is 1. The van der Waals surface area contributed by atoms with Gasteiger partial charge in [0.1, 0.15) is 0 Å². The van der Waals surface area contributed by atoms with Crippen molar-refractivity contribution in [3.63, 3.8) is 0 Å². The topological polar surface area (TPSA) is 55.4 Å². The summed E-state index contributed by atoms with van der Waals surface area (Å²) in [5.74, 6) is -0.494. The van der Waals surface area contributed by atoms with Crippen LogP contribution in [-0.4, -0.2) is 18.5 Å². The summed E-state index contributed by atoms with van der Waals surface area (Å²) in [6.07, 6.45) is 4.53. The third kappa shape index (κ3) is 6.01. The van der Waals surface area contributed by atoms with Crippen LogP contribution in [-0.2, 0) is 20.7 Å². The molecule has 0 unspecified atom stereocenters. The van der Waals surface area contributed by atoms with Gasteiger partial charge in [0.25, 0.3) is 5.91 Å². The van der Waals surface area contributed by atoms with E-state index in [4.69, 9.17) is 4.74 Å². The Balaban J connectivity index is 2.91. The Labute approximate surface area is 144 Å². The van der Waals surface area contributed by atoms with Crippen LogP contribution in [0.25, 0.3) is 0 Å². The van der Waals surface area contributed by atoms with E-state index in [1.165, 1.54) is 0 Å². The molecule has 1 aromatic rings. The lowest BCUT2D eigenvalue weighted by Gasteiger charge is -2.11. The van der Waals surface area contributed by atoms with Crippen molar-refractivity contribution in [3.8, 4) is 0 Å². The van der Waals surface area contributed by atoms with Crippen LogP contribution in [0.5, 0.6) is 0 Å². The van der Waals surface area contributed by atoms with Gasteiger partial charge in [-0.15, -0.1) is 0 Å². The molecule has 0 saturated carbocycles. The Morgan fingerprint density at radius 1 is 1.27 bits per heavy atom. The van der Waals surface area contributed by atoms with Gasteiger partial charge < -0.3 is 10.1 Å². The number of hydrogen-bond acceptors (Lipinski definition) is 3. The van der Waals surface area contributed by atoms with Crippen LogP contribution in [0.1, 0.15) is 25.8 Å². The fourth-order valence-corrected chi connectivity index (χ4v) is 2.27. The van der Waals surface area contributed by atoms with Gasteiger partial charge in [0.05, 0.1) is 13.0 Å². The number of anilines is 1. The molecule has 4 nitrogen and oxygen atoms in total. The van der Waals surface area contributed by atoms with E-state index in [1.807, 2.05) is 31.2 Å². The molecule has 1 amide bonds. The van der Waals surface area contributed by atoms with Crippen LogP contribution < -0.4 is 5.32 Å². The fourth-order valence-electron chi connectivity index (χ4n) is 1.88. The monoisotopic (exact) mass is 413 g/mol. The van der Waals surface area contributed by atoms with Gasteiger partial charge in [-0.2, -0.15) is 0 Å². The van der Waals surface area contributed by atoms with Crippen molar-refractivity contribution in [2.75, 3.05) is 11.9 Å². The molecule has 0 radical (unpaired) electrons. The molecule has 1 N–H and O–H groups in total. The average Bonchev–Trinajstić information content (AvgIpc) is 2.49. The summed E-state index contributed by atoms with van der Waals surface area (Å²) < 4.78 is 6.75. The van der Waals surface area contributed by atoms with Gasteiger partial charge in [-0.25, -0.2) is 0 Å². The Morgan fingerprint density at radius 2 is 2.00 bits per heavy atom. The summed E-state index contributed by atoms with van der Waals surface area (Å²) in [5, 5.41) is 2.86. The third-order valence-corrected chi connectivity index (χ3v) is 3.19. The molecule has 0 bridgehead atoms. The lowest BCUT2D eigenvalue weighted by atomic mass is 10.1. The predicted octanol–water partition coefficient (Wildman–Crippen LogP) is 4.02. The molecule has 0 atom stereocenters. The second-order valence-corrected chi connectivity index (χ2v) is 5.17. The van der Waals surface area contributed by atoms with E-state index in [0.29, 0.717) is 17.9 Å². The number of carbonyl (C=O) groups is 2. The highest BCUT2D eigenvalue weighted by Gasteiger charge is 2.12. The number of amides is 1. The zero-order valence-electron chi connectivity index (χ0n) is 12.8. The number of nitrogens with one attached hydrogen (secondary N) is 1. The van der Waals surface area contributed by atoms with E-state index < -0.39 is 0 Å². The van der Waals surface area contributed by atoms with Crippen molar-refractivity contribution in [2.24, 2.45) is 0 Å². The van der Waals surface area contributed by atoms with Crippen LogP contribution >= 0.6 is 22.6 Å². The zero-order chi connectivity index (χ0) is 16.4. The van der Waals surface area contributed by atoms with Gasteiger partial charge in [0.2, 0.25) is 0 Å². The summed E-state index contributed by atoms with van der Waals surface area (Å²) in [7, 11) is 0. The molecule has 0 spiro atoms. The number of hydrogen-bond donors (Lipinski definition) is 1. The average molecular weight is 413 g/mol. The quantitative estimate of drug-likeness (QED) is 0.318. The lowest BCUT2D eigenvalue weighted by Crippen LogP contribution is -2.16. The fraction of sp³-hybridized carbons (Fsp3) is 0.294. The van der Waals surface area contributed by atoms with Crippen LogP contribution in [0, 0.1) is 0 Å². The maximum atomic E-state index is 12.3. The Bertz CT molecular complexity index is 579. The van der Waals surface area contributed by atoms with E-state index in [9.17, 15) is 9.59 Å². The van der Waals surface area contributed by atoms with Gasteiger partial charge in [0, 0.05) is 11.3 Å². The van der Waals surface area contributed by atoms with E-state index in [0.717, 1.165) is 12.0 Å². The van der Waals surface area contributed by atoms with Crippen LogP contribution in [0.3, 0.4) is 0 Å². The highest BCUT2D eigenvalue weighted by atomic mass is 127. The second kappa shape index (κ2) is 10.2. The molecule has 0 aliphatic carbocycles. The van der Waals surface area contributed by atoms with Crippen molar-refractivity contribution in [1.82, 2.24) is 0 Å². The largest absolute Gasteiger partial charge is 0.466 e. The normalized spacial score (nSPS) is 11.5. The number of carbonyl (C=O) groups excluding carboxylic acids is 2. The van der Waals surface area contributed by atoms with Crippen LogP contribution in [0.15, 0.2) is 46.1 Å². The Hall–Kier alpha value is -1.63. The number of ether oxygens (including phenoxy) is 1. The number of allylic oxidation sites excluding steroid dienone is 1. The summed E-state index contributed by atoms with van der Waals surface area (Å²) >= 11 is 2.08. The molecule has 0 heterocycles. The minimum atomic E-state index is -0.305. The standard InChI is InChI=1S/C17H20INO3/c1-3-7-13(10-11-18)17(21)19-15-9-6-5-8-14(15)12-16(20)22-4-2/h5-11H,3-4,12H2,1-2H3,(H,19,21)/b11-10+,13-7+. The maximum Gasteiger partial charge on any atom is 0.310 e. The number of rotatable bonds is 7. The first kappa shape index (κ1) is 18.4. The summed E-state index contributed by atoms with van der Waals surface area (Å²) in [5.41, 5.74) is 1.97. The van der Waals surface area contributed by atoms with Crippen LogP contribution in [0.2, 0.25) is 0 Å². The molecule has 0 aliphatic rings. The first-order valence-corrected chi connectivity index (χ1v) is 8.38. The molecular formula is C17H20INO3. The van der Waals surface area contributed by atoms with E-state index >= 15 is 0 Å². The van der Waals surface area contributed by atoms with E-state index in [-0.39, 0.29) is 18.3 Å². The number of benzene rings is 1. The third-order valence-electron chi connectivity index (χ3n) is 2.83. The first-order chi connectivity index (χ1) is 10.6. The second-order valence-electron chi connectivity index (χ2n) is 4.45. The Kier molecular flexibility index (Phi) is 8.50. The highest BCUT2D eigenvalue weighted by Crippen LogP contribution is 2.17. The van der Waals surface area contributed by atoms with Crippen molar-refractivity contribution in [2.45, 2.75) is 26.7 Å². The van der Waals surface area contributed by atoms with Crippen molar-refractivity contribution < 1.29 is 14.3 Å².